The van der Waals surface area contributed by atoms with Crippen LogP contribution in [0.2, 0.25) is 0 Å². The predicted octanol–water partition coefficient (Wildman–Crippen LogP) is 2.52. The van der Waals surface area contributed by atoms with Gasteiger partial charge in [0.25, 0.3) is 0 Å². The zero-order chi connectivity index (χ0) is 18.8. The summed E-state index contributed by atoms with van der Waals surface area (Å²) in [6.07, 6.45) is 0.893. The van der Waals surface area contributed by atoms with Crippen LogP contribution in [-0.4, -0.2) is 69.4 Å². The third kappa shape index (κ3) is 7.83. The third-order valence-corrected chi connectivity index (χ3v) is 4.72. The van der Waals surface area contributed by atoms with Crippen LogP contribution in [0.4, 0.5) is 0 Å². The Morgan fingerprint density at radius 1 is 1.37 bits per heavy atom. The molecule has 0 amide bonds. The molecule has 7 heteroatoms. The fourth-order valence-corrected chi connectivity index (χ4v) is 3.29. The molecule has 0 saturated carbocycles. The number of hydrogen-bond acceptors (Lipinski definition) is 4. The van der Waals surface area contributed by atoms with Crippen molar-refractivity contribution in [1.82, 2.24) is 15.5 Å². The number of guanidine groups is 1. The minimum Gasteiger partial charge on any atom is -0.496 e. The zero-order valence-corrected chi connectivity index (χ0v) is 19.4. The average Bonchev–Trinajstić information content (AvgIpc) is 2.66. The Morgan fingerprint density at radius 2 is 2.15 bits per heavy atom. The van der Waals surface area contributed by atoms with Crippen molar-refractivity contribution in [3.63, 3.8) is 0 Å². The molecule has 0 aromatic heterocycles. The summed E-state index contributed by atoms with van der Waals surface area (Å²) in [4.78, 5) is 7.26. The highest BCUT2D eigenvalue weighted by Gasteiger charge is 2.23. The summed E-state index contributed by atoms with van der Waals surface area (Å²) in [5, 5.41) is 6.76. The van der Waals surface area contributed by atoms with Gasteiger partial charge in [0.05, 0.1) is 26.9 Å². The quantitative estimate of drug-likeness (QED) is 0.333. The smallest absolute Gasteiger partial charge is 0.191 e. The van der Waals surface area contributed by atoms with E-state index < -0.39 is 0 Å². The number of morpholine rings is 1. The molecular formula is C20H35IN4O2. The number of hydrogen-bond donors (Lipinski definition) is 2. The van der Waals surface area contributed by atoms with E-state index in [4.69, 9.17) is 14.5 Å². The van der Waals surface area contributed by atoms with Crippen LogP contribution in [0, 0.1) is 0 Å². The fraction of sp³-hybridized carbons (Fsp3) is 0.650. The topological polar surface area (TPSA) is 58.1 Å². The minimum atomic E-state index is 0. The molecule has 0 radical (unpaired) electrons. The molecular weight excluding hydrogens is 455 g/mol. The van der Waals surface area contributed by atoms with Crippen molar-refractivity contribution in [1.29, 1.82) is 0 Å². The second-order valence-electron chi connectivity index (χ2n) is 6.72. The van der Waals surface area contributed by atoms with Gasteiger partial charge in [0, 0.05) is 31.7 Å². The van der Waals surface area contributed by atoms with Gasteiger partial charge in [0.2, 0.25) is 0 Å². The van der Waals surface area contributed by atoms with E-state index in [1.165, 1.54) is 5.56 Å². The first-order chi connectivity index (χ1) is 12.7. The second-order valence-corrected chi connectivity index (χ2v) is 6.72. The van der Waals surface area contributed by atoms with Crippen molar-refractivity contribution in [2.45, 2.75) is 39.3 Å². The van der Waals surface area contributed by atoms with E-state index in [2.05, 4.69) is 42.4 Å². The summed E-state index contributed by atoms with van der Waals surface area (Å²) in [5.74, 6) is 1.81. The highest BCUT2D eigenvalue weighted by atomic mass is 127. The number of nitrogens with one attached hydrogen (secondary N) is 2. The monoisotopic (exact) mass is 490 g/mol. The van der Waals surface area contributed by atoms with Gasteiger partial charge in [-0.2, -0.15) is 0 Å². The first kappa shape index (κ1) is 24.0. The van der Waals surface area contributed by atoms with Crippen LogP contribution < -0.4 is 15.4 Å². The maximum atomic E-state index is 5.53. The lowest BCUT2D eigenvalue weighted by atomic mass is 10.1. The number of para-hydroxylation sites is 1. The van der Waals surface area contributed by atoms with Gasteiger partial charge in [-0.3, -0.25) is 9.89 Å². The molecule has 27 heavy (non-hydrogen) atoms. The van der Waals surface area contributed by atoms with Crippen molar-refractivity contribution in [3.8, 4) is 5.75 Å². The Labute approximate surface area is 181 Å². The van der Waals surface area contributed by atoms with E-state index in [0.717, 1.165) is 57.5 Å². The van der Waals surface area contributed by atoms with Crippen LogP contribution in [-0.2, 0) is 11.2 Å². The molecule has 1 saturated heterocycles. The van der Waals surface area contributed by atoms with Crippen LogP contribution in [0.3, 0.4) is 0 Å². The SMILES string of the molecule is CCNC(=NCC(C)N1CCOCC1C)NCCc1ccccc1OC.I. The summed E-state index contributed by atoms with van der Waals surface area (Å²) in [5.41, 5.74) is 1.20. The zero-order valence-electron chi connectivity index (χ0n) is 17.0. The number of aliphatic imine (C=N–C) groups is 1. The molecule has 6 nitrogen and oxygen atoms in total. The largest absolute Gasteiger partial charge is 0.496 e. The average molecular weight is 490 g/mol. The van der Waals surface area contributed by atoms with Gasteiger partial charge in [-0.15, -0.1) is 24.0 Å². The van der Waals surface area contributed by atoms with Gasteiger partial charge in [-0.1, -0.05) is 18.2 Å². The van der Waals surface area contributed by atoms with Gasteiger partial charge >= 0.3 is 0 Å². The Morgan fingerprint density at radius 3 is 2.85 bits per heavy atom. The van der Waals surface area contributed by atoms with E-state index >= 15 is 0 Å². The minimum absolute atomic E-state index is 0. The lowest BCUT2D eigenvalue weighted by molar-refractivity contribution is -0.0165. The Kier molecular flexibility index (Phi) is 11.7. The van der Waals surface area contributed by atoms with Crippen molar-refractivity contribution >= 4 is 29.9 Å². The number of methoxy groups -OCH3 is 1. The van der Waals surface area contributed by atoms with Crippen LogP contribution in [0.25, 0.3) is 0 Å². The normalized spacial score (nSPS) is 19.1. The molecule has 2 atom stereocenters. The van der Waals surface area contributed by atoms with Gasteiger partial charge in [-0.25, -0.2) is 0 Å². The highest BCUT2D eigenvalue weighted by Crippen LogP contribution is 2.17. The Hall–Kier alpha value is -1.06. The van der Waals surface area contributed by atoms with E-state index in [9.17, 15) is 0 Å². The molecule has 0 aliphatic carbocycles. The summed E-state index contributed by atoms with van der Waals surface area (Å²) >= 11 is 0. The Balaban J connectivity index is 0.00000364. The van der Waals surface area contributed by atoms with E-state index in [-0.39, 0.29) is 24.0 Å². The third-order valence-electron chi connectivity index (χ3n) is 4.72. The fourth-order valence-electron chi connectivity index (χ4n) is 3.29. The predicted molar refractivity (Wildman–Crippen MR) is 123 cm³/mol. The van der Waals surface area contributed by atoms with Crippen LogP contribution >= 0.6 is 24.0 Å². The number of rotatable bonds is 8. The van der Waals surface area contributed by atoms with Gasteiger partial charge in [0.15, 0.2) is 5.96 Å². The van der Waals surface area contributed by atoms with Crippen LogP contribution in [0.5, 0.6) is 5.75 Å². The van der Waals surface area contributed by atoms with Crippen molar-refractivity contribution in [2.75, 3.05) is 46.5 Å². The molecule has 1 heterocycles. The maximum absolute atomic E-state index is 5.53. The molecule has 1 aromatic rings. The summed E-state index contributed by atoms with van der Waals surface area (Å²) in [6.45, 7) is 11.6. The first-order valence-electron chi connectivity index (χ1n) is 9.63. The number of halogens is 1. The lowest BCUT2D eigenvalue weighted by Crippen LogP contribution is -2.49. The second kappa shape index (κ2) is 13.2. The van der Waals surface area contributed by atoms with Crippen molar-refractivity contribution in [3.05, 3.63) is 29.8 Å². The molecule has 1 aliphatic heterocycles. The van der Waals surface area contributed by atoms with E-state index in [0.29, 0.717) is 12.1 Å². The summed E-state index contributed by atoms with van der Waals surface area (Å²) in [6, 6.07) is 9.00. The van der Waals surface area contributed by atoms with E-state index in [1.807, 2.05) is 18.2 Å². The molecule has 1 aliphatic rings. The van der Waals surface area contributed by atoms with Gasteiger partial charge < -0.3 is 20.1 Å². The van der Waals surface area contributed by atoms with Crippen molar-refractivity contribution in [2.24, 2.45) is 4.99 Å². The molecule has 2 rings (SSSR count). The number of benzene rings is 1. The number of ether oxygens (including phenoxy) is 2. The standard InChI is InChI=1S/C20H34N4O2.HI/c1-5-21-20(22-11-10-18-8-6-7-9-19(18)25-4)23-14-16(2)24-12-13-26-15-17(24)3;/h6-9,16-17H,5,10-15H2,1-4H3,(H2,21,22,23);1H. The Bertz CT molecular complexity index is 571. The maximum Gasteiger partial charge on any atom is 0.191 e. The van der Waals surface area contributed by atoms with Crippen molar-refractivity contribution < 1.29 is 9.47 Å². The molecule has 1 fully saturated rings. The van der Waals surface area contributed by atoms with E-state index in [1.54, 1.807) is 7.11 Å². The van der Waals surface area contributed by atoms with Crippen LogP contribution in [0.15, 0.2) is 29.3 Å². The number of nitrogens with zero attached hydrogens (tertiary/aromatic N) is 2. The summed E-state index contributed by atoms with van der Waals surface area (Å²) < 4.78 is 10.9. The molecule has 1 aromatic carbocycles. The first-order valence-corrected chi connectivity index (χ1v) is 9.63. The summed E-state index contributed by atoms with van der Waals surface area (Å²) in [7, 11) is 1.71. The molecule has 2 unspecified atom stereocenters. The lowest BCUT2D eigenvalue weighted by Gasteiger charge is -2.37. The highest BCUT2D eigenvalue weighted by molar-refractivity contribution is 14.0. The molecule has 2 N–H and O–H groups in total. The van der Waals surface area contributed by atoms with Crippen LogP contribution in [0.1, 0.15) is 26.3 Å². The molecule has 0 bridgehead atoms. The molecule has 0 spiro atoms. The van der Waals surface area contributed by atoms with Gasteiger partial charge in [-0.05, 0) is 38.8 Å². The van der Waals surface area contributed by atoms with Gasteiger partial charge in [0.1, 0.15) is 5.75 Å². The molecule has 154 valence electrons.